The van der Waals surface area contributed by atoms with Crippen molar-refractivity contribution in [3.63, 3.8) is 0 Å². The van der Waals surface area contributed by atoms with Crippen molar-refractivity contribution in [3.8, 4) is 5.75 Å². The summed E-state index contributed by atoms with van der Waals surface area (Å²) in [6.45, 7) is 2.67. The average molecular weight is 421 g/mol. The molecule has 2 fully saturated rings. The van der Waals surface area contributed by atoms with E-state index in [1.807, 2.05) is 41.3 Å². The van der Waals surface area contributed by atoms with Crippen LogP contribution in [-0.4, -0.2) is 50.1 Å². The Hall–Kier alpha value is -2.86. The summed E-state index contributed by atoms with van der Waals surface area (Å²) in [7, 11) is 1.70. The SMILES string of the molecule is COc1cccc2c1C1(CCN(C(=O)c3cccc(N4CCCC4=O)c3)CC1)OCC2. The van der Waals surface area contributed by atoms with E-state index >= 15 is 0 Å². The van der Waals surface area contributed by atoms with E-state index in [9.17, 15) is 9.59 Å². The molecule has 0 bridgehead atoms. The average Bonchev–Trinajstić information content (AvgIpc) is 3.25. The fourth-order valence-corrected chi connectivity index (χ4v) is 5.28. The predicted molar refractivity (Wildman–Crippen MR) is 117 cm³/mol. The molecule has 0 aromatic heterocycles. The molecule has 5 rings (SSSR count). The molecule has 31 heavy (non-hydrogen) atoms. The maximum absolute atomic E-state index is 13.2. The summed E-state index contributed by atoms with van der Waals surface area (Å²) in [6.07, 6.45) is 3.83. The van der Waals surface area contributed by atoms with E-state index < -0.39 is 0 Å². The van der Waals surface area contributed by atoms with Gasteiger partial charge in [0.15, 0.2) is 0 Å². The summed E-state index contributed by atoms with van der Waals surface area (Å²) in [4.78, 5) is 29.0. The summed E-state index contributed by atoms with van der Waals surface area (Å²) in [6, 6.07) is 13.7. The topological polar surface area (TPSA) is 59.1 Å². The number of amides is 2. The zero-order valence-electron chi connectivity index (χ0n) is 17.9. The van der Waals surface area contributed by atoms with Gasteiger partial charge < -0.3 is 19.3 Å². The number of carbonyl (C=O) groups is 2. The van der Waals surface area contributed by atoms with Crippen LogP contribution in [0.2, 0.25) is 0 Å². The molecule has 6 nitrogen and oxygen atoms in total. The number of anilines is 1. The summed E-state index contributed by atoms with van der Waals surface area (Å²) < 4.78 is 12.0. The quantitative estimate of drug-likeness (QED) is 0.762. The molecule has 2 amide bonds. The van der Waals surface area contributed by atoms with Crippen LogP contribution in [0.1, 0.15) is 47.2 Å². The highest BCUT2D eigenvalue weighted by Gasteiger charge is 2.43. The summed E-state index contributed by atoms with van der Waals surface area (Å²) >= 11 is 0. The molecule has 6 heteroatoms. The molecule has 0 atom stereocenters. The fourth-order valence-electron chi connectivity index (χ4n) is 5.28. The first kappa shape index (κ1) is 20.1. The van der Waals surface area contributed by atoms with Gasteiger partial charge >= 0.3 is 0 Å². The van der Waals surface area contributed by atoms with Crippen LogP contribution >= 0.6 is 0 Å². The Labute approximate surface area is 182 Å². The standard InChI is InChI=1S/C25H28N2O4/c1-30-21-8-3-5-18-10-16-31-25(23(18)21)11-14-26(15-12-25)24(29)19-6-2-7-20(17-19)27-13-4-9-22(27)28/h2-3,5-8,17H,4,9-16H2,1H3. The number of hydrogen-bond acceptors (Lipinski definition) is 4. The first-order valence-electron chi connectivity index (χ1n) is 11.1. The second-order valence-corrected chi connectivity index (χ2v) is 8.58. The highest BCUT2D eigenvalue weighted by atomic mass is 16.5. The lowest BCUT2D eigenvalue weighted by Crippen LogP contribution is -2.48. The third kappa shape index (κ3) is 3.49. The third-order valence-corrected chi connectivity index (χ3v) is 6.87. The van der Waals surface area contributed by atoms with Crippen LogP contribution in [0.5, 0.6) is 5.75 Å². The minimum atomic E-state index is -0.388. The highest BCUT2D eigenvalue weighted by Crippen LogP contribution is 2.46. The number of ether oxygens (including phenoxy) is 2. The van der Waals surface area contributed by atoms with Gasteiger partial charge in [0.25, 0.3) is 5.91 Å². The number of fused-ring (bicyclic) bond motifs is 2. The number of nitrogens with zero attached hydrogens (tertiary/aromatic N) is 2. The molecule has 0 radical (unpaired) electrons. The monoisotopic (exact) mass is 420 g/mol. The molecule has 0 N–H and O–H groups in total. The molecule has 162 valence electrons. The molecule has 0 saturated carbocycles. The fraction of sp³-hybridized carbons (Fsp3) is 0.440. The summed E-state index contributed by atoms with van der Waals surface area (Å²) in [5, 5.41) is 0. The Kier molecular flexibility index (Phi) is 5.18. The van der Waals surface area contributed by atoms with E-state index in [-0.39, 0.29) is 17.4 Å². The summed E-state index contributed by atoms with van der Waals surface area (Å²) in [5.41, 5.74) is 3.51. The van der Waals surface area contributed by atoms with E-state index in [0.717, 1.165) is 49.2 Å². The van der Waals surface area contributed by atoms with E-state index in [2.05, 4.69) is 6.07 Å². The van der Waals surface area contributed by atoms with Crippen molar-refractivity contribution in [3.05, 3.63) is 59.2 Å². The number of piperidine rings is 1. The van der Waals surface area contributed by atoms with Crippen LogP contribution < -0.4 is 9.64 Å². The number of methoxy groups -OCH3 is 1. The molecule has 2 saturated heterocycles. The van der Waals surface area contributed by atoms with Crippen molar-refractivity contribution < 1.29 is 19.1 Å². The first-order valence-corrected chi connectivity index (χ1v) is 11.1. The van der Waals surface area contributed by atoms with Crippen LogP contribution in [0.3, 0.4) is 0 Å². The second kappa shape index (κ2) is 8.00. The van der Waals surface area contributed by atoms with Crippen LogP contribution in [0.4, 0.5) is 5.69 Å². The van der Waals surface area contributed by atoms with Crippen molar-refractivity contribution in [2.75, 3.05) is 38.3 Å². The lowest BCUT2D eigenvalue weighted by atomic mass is 9.78. The molecule has 1 spiro atoms. The van der Waals surface area contributed by atoms with E-state index in [1.54, 1.807) is 12.0 Å². The number of benzene rings is 2. The number of hydrogen-bond donors (Lipinski definition) is 0. The second-order valence-electron chi connectivity index (χ2n) is 8.58. The third-order valence-electron chi connectivity index (χ3n) is 6.87. The molecule has 2 aromatic carbocycles. The van der Waals surface area contributed by atoms with Crippen molar-refractivity contribution in [2.45, 2.75) is 37.7 Å². The first-order chi connectivity index (χ1) is 15.1. The molecule has 0 unspecified atom stereocenters. The van der Waals surface area contributed by atoms with Gasteiger partial charge in [-0.2, -0.15) is 0 Å². The highest BCUT2D eigenvalue weighted by molar-refractivity contribution is 5.99. The van der Waals surface area contributed by atoms with Crippen LogP contribution in [0, 0.1) is 0 Å². The van der Waals surface area contributed by atoms with E-state index in [1.165, 1.54) is 5.56 Å². The molecule has 3 aliphatic rings. The van der Waals surface area contributed by atoms with Gasteiger partial charge in [-0.25, -0.2) is 0 Å². The Morgan fingerprint density at radius 2 is 1.87 bits per heavy atom. The van der Waals surface area contributed by atoms with Gasteiger partial charge in [0.2, 0.25) is 5.91 Å². The van der Waals surface area contributed by atoms with Crippen molar-refractivity contribution in [1.82, 2.24) is 4.90 Å². The lowest BCUT2D eigenvalue weighted by molar-refractivity contribution is -0.117. The zero-order valence-corrected chi connectivity index (χ0v) is 17.9. The number of rotatable bonds is 3. The maximum atomic E-state index is 13.2. The molecular weight excluding hydrogens is 392 g/mol. The van der Waals surface area contributed by atoms with Crippen molar-refractivity contribution >= 4 is 17.5 Å². The molecule has 0 aliphatic carbocycles. The normalized spacial score (nSPS) is 20.1. The van der Waals surface area contributed by atoms with Gasteiger partial charge in [0, 0.05) is 42.9 Å². The largest absolute Gasteiger partial charge is 0.496 e. The van der Waals surface area contributed by atoms with Gasteiger partial charge in [-0.1, -0.05) is 18.2 Å². The van der Waals surface area contributed by atoms with Gasteiger partial charge in [-0.15, -0.1) is 0 Å². The van der Waals surface area contributed by atoms with Crippen molar-refractivity contribution in [1.29, 1.82) is 0 Å². The van der Waals surface area contributed by atoms with Gasteiger partial charge in [-0.05, 0) is 55.5 Å². The lowest BCUT2D eigenvalue weighted by Gasteiger charge is -2.45. The Morgan fingerprint density at radius 1 is 1.06 bits per heavy atom. The van der Waals surface area contributed by atoms with E-state index in [4.69, 9.17) is 9.47 Å². The number of carbonyl (C=O) groups excluding carboxylic acids is 2. The molecule has 2 aromatic rings. The smallest absolute Gasteiger partial charge is 0.253 e. The predicted octanol–water partition coefficient (Wildman–Crippen LogP) is 3.53. The maximum Gasteiger partial charge on any atom is 0.253 e. The van der Waals surface area contributed by atoms with Crippen LogP contribution in [0.15, 0.2) is 42.5 Å². The Morgan fingerprint density at radius 3 is 2.61 bits per heavy atom. The van der Waals surface area contributed by atoms with E-state index in [0.29, 0.717) is 31.7 Å². The minimum Gasteiger partial charge on any atom is -0.496 e. The molecule has 3 aliphatic heterocycles. The van der Waals surface area contributed by atoms with Crippen molar-refractivity contribution in [2.24, 2.45) is 0 Å². The van der Waals surface area contributed by atoms with Gasteiger partial charge in [0.1, 0.15) is 11.4 Å². The molecule has 3 heterocycles. The Balaban J connectivity index is 1.34. The van der Waals surface area contributed by atoms with Crippen LogP contribution in [-0.2, 0) is 21.6 Å². The molecular formula is C25H28N2O4. The Bertz CT molecular complexity index is 996. The van der Waals surface area contributed by atoms with Gasteiger partial charge in [0.05, 0.1) is 13.7 Å². The van der Waals surface area contributed by atoms with Crippen LogP contribution in [0.25, 0.3) is 0 Å². The zero-order chi connectivity index (χ0) is 21.4. The summed E-state index contributed by atoms with van der Waals surface area (Å²) in [5.74, 6) is 1.02. The van der Waals surface area contributed by atoms with Gasteiger partial charge in [-0.3, -0.25) is 9.59 Å². The number of likely N-dealkylation sites (tertiary alicyclic amines) is 1. The minimum absolute atomic E-state index is 0.0133.